The summed E-state index contributed by atoms with van der Waals surface area (Å²) < 4.78 is 5.74. The molecule has 24 heavy (non-hydrogen) atoms. The molecule has 1 aromatic carbocycles. The van der Waals surface area contributed by atoms with Crippen molar-refractivity contribution in [2.24, 2.45) is 0 Å². The second-order valence-corrected chi connectivity index (χ2v) is 7.08. The number of ether oxygens (including phenoxy) is 1. The van der Waals surface area contributed by atoms with Gasteiger partial charge in [-0.3, -0.25) is 9.78 Å². The van der Waals surface area contributed by atoms with Gasteiger partial charge >= 0.3 is 0 Å². The van der Waals surface area contributed by atoms with Crippen LogP contribution in [0.4, 0.5) is 0 Å². The van der Waals surface area contributed by atoms with Crippen LogP contribution in [0.5, 0.6) is 5.75 Å². The Balaban J connectivity index is 1.83. The van der Waals surface area contributed by atoms with Crippen molar-refractivity contribution >= 4 is 17.5 Å². The van der Waals surface area contributed by atoms with Crippen LogP contribution in [-0.2, 0) is 16.6 Å². The van der Waals surface area contributed by atoms with E-state index in [9.17, 15) is 4.79 Å². The molecule has 4 nitrogen and oxygen atoms in total. The topological polar surface area (TPSA) is 51.2 Å². The number of nitrogens with zero attached hydrogens (tertiary/aromatic N) is 1. The third-order valence-electron chi connectivity index (χ3n) is 4.54. The minimum atomic E-state index is -0.675. The summed E-state index contributed by atoms with van der Waals surface area (Å²) in [6.45, 7) is 6.39. The third kappa shape index (κ3) is 3.11. The molecule has 1 aromatic heterocycles. The number of nitrogens with one attached hydrogen (secondary N) is 1. The predicted molar refractivity (Wildman–Crippen MR) is 94.5 cm³/mol. The van der Waals surface area contributed by atoms with Crippen LogP contribution in [0, 0.1) is 0 Å². The number of pyridine rings is 1. The summed E-state index contributed by atoms with van der Waals surface area (Å²) in [5.41, 5.74) is 2.23. The second-order valence-electron chi connectivity index (χ2n) is 6.64. The molecule has 0 spiro atoms. The molecular weight excluding hydrogens is 324 g/mol. The molecule has 5 heteroatoms. The van der Waals surface area contributed by atoms with Crippen molar-refractivity contribution in [1.29, 1.82) is 0 Å². The predicted octanol–water partition coefficient (Wildman–Crippen LogP) is 3.82. The molecule has 1 N–H and O–H groups in total. The molecule has 0 radical (unpaired) electrons. The van der Waals surface area contributed by atoms with E-state index in [-0.39, 0.29) is 11.9 Å². The molecule has 2 aromatic rings. The molecule has 126 valence electrons. The zero-order valence-corrected chi connectivity index (χ0v) is 14.9. The Morgan fingerprint density at radius 2 is 2.21 bits per heavy atom. The van der Waals surface area contributed by atoms with Crippen LogP contribution in [0.25, 0.3) is 0 Å². The minimum absolute atomic E-state index is 0.0604. The number of rotatable bonds is 4. The van der Waals surface area contributed by atoms with Crippen LogP contribution in [0.15, 0.2) is 36.7 Å². The first-order chi connectivity index (χ1) is 11.4. The van der Waals surface area contributed by atoms with E-state index in [4.69, 9.17) is 16.3 Å². The fourth-order valence-corrected chi connectivity index (χ4v) is 3.19. The molecule has 0 fully saturated rings. The number of halogens is 1. The summed E-state index contributed by atoms with van der Waals surface area (Å²) in [5, 5.41) is 3.75. The molecule has 0 bridgehead atoms. The van der Waals surface area contributed by atoms with E-state index in [1.54, 1.807) is 12.4 Å². The molecular formula is C19H21ClN2O2. The molecule has 1 atom stereocenters. The summed E-state index contributed by atoms with van der Waals surface area (Å²) in [6.07, 6.45) is 4.28. The highest BCUT2D eigenvalue weighted by Gasteiger charge is 2.32. The monoisotopic (exact) mass is 344 g/mol. The third-order valence-corrected chi connectivity index (χ3v) is 4.76. The lowest BCUT2D eigenvalue weighted by atomic mass is 9.84. The van der Waals surface area contributed by atoms with Crippen molar-refractivity contribution in [3.05, 3.63) is 58.4 Å². The fourth-order valence-electron chi connectivity index (χ4n) is 2.94. The average molecular weight is 345 g/mol. The van der Waals surface area contributed by atoms with Crippen molar-refractivity contribution < 1.29 is 9.53 Å². The van der Waals surface area contributed by atoms with Crippen molar-refractivity contribution in [3.63, 3.8) is 0 Å². The van der Waals surface area contributed by atoms with Gasteiger partial charge in [-0.15, -0.1) is 0 Å². The summed E-state index contributed by atoms with van der Waals surface area (Å²) >= 11 is 6.22. The van der Waals surface area contributed by atoms with Crippen LogP contribution in [0.2, 0.25) is 5.02 Å². The van der Waals surface area contributed by atoms with Crippen molar-refractivity contribution in [2.45, 2.75) is 38.6 Å². The Kier molecular flexibility index (Phi) is 4.50. The maximum Gasteiger partial charge on any atom is 0.230 e. The van der Waals surface area contributed by atoms with Gasteiger partial charge in [-0.05, 0) is 50.1 Å². The highest BCUT2D eigenvalue weighted by atomic mass is 35.5. The molecule has 0 saturated carbocycles. The van der Waals surface area contributed by atoms with E-state index >= 15 is 0 Å². The summed E-state index contributed by atoms with van der Waals surface area (Å²) in [7, 11) is 0. The average Bonchev–Trinajstić information content (AvgIpc) is 3.02. The zero-order valence-electron chi connectivity index (χ0n) is 14.1. The highest BCUT2D eigenvalue weighted by Crippen LogP contribution is 2.36. The standard InChI is InChI=1S/C19H21ClN2O2/c1-12(16-10-15(20)9-13-6-8-24-17(13)16)22-18(23)19(2,3)14-5-4-7-21-11-14/h4-5,7,9-12H,6,8H2,1-3H3,(H,22,23). The van der Waals surface area contributed by atoms with E-state index in [2.05, 4.69) is 10.3 Å². The van der Waals surface area contributed by atoms with Gasteiger partial charge in [-0.2, -0.15) is 0 Å². The second kappa shape index (κ2) is 6.44. The number of benzene rings is 1. The number of carbonyl (C=O) groups is 1. The van der Waals surface area contributed by atoms with Crippen LogP contribution < -0.4 is 10.1 Å². The Morgan fingerprint density at radius 3 is 2.92 bits per heavy atom. The first-order valence-corrected chi connectivity index (χ1v) is 8.44. The van der Waals surface area contributed by atoms with Gasteiger partial charge in [0.05, 0.1) is 18.1 Å². The van der Waals surface area contributed by atoms with Crippen LogP contribution in [0.1, 0.15) is 43.5 Å². The first-order valence-electron chi connectivity index (χ1n) is 8.06. The van der Waals surface area contributed by atoms with Gasteiger partial charge in [0.15, 0.2) is 0 Å². The van der Waals surface area contributed by atoms with E-state index < -0.39 is 5.41 Å². The van der Waals surface area contributed by atoms with Gasteiger partial charge in [-0.1, -0.05) is 17.7 Å². The maximum atomic E-state index is 12.8. The van der Waals surface area contributed by atoms with Crippen LogP contribution >= 0.6 is 11.6 Å². The highest BCUT2D eigenvalue weighted by molar-refractivity contribution is 6.30. The quantitative estimate of drug-likeness (QED) is 0.917. The molecule has 1 aliphatic rings. The number of hydrogen-bond donors (Lipinski definition) is 1. The van der Waals surface area contributed by atoms with Gasteiger partial charge in [-0.25, -0.2) is 0 Å². The summed E-state index contributed by atoms with van der Waals surface area (Å²) in [4.78, 5) is 16.9. The van der Waals surface area contributed by atoms with Crippen molar-refractivity contribution in [2.75, 3.05) is 6.61 Å². The molecule has 1 unspecified atom stereocenters. The molecule has 0 aliphatic carbocycles. The molecule has 1 aliphatic heterocycles. The van der Waals surface area contributed by atoms with Crippen LogP contribution in [-0.4, -0.2) is 17.5 Å². The van der Waals surface area contributed by atoms with E-state index in [1.807, 2.05) is 45.0 Å². The Bertz CT molecular complexity index is 759. The van der Waals surface area contributed by atoms with Gasteiger partial charge in [0.25, 0.3) is 0 Å². The smallest absolute Gasteiger partial charge is 0.230 e. The molecule has 0 saturated heterocycles. The van der Waals surface area contributed by atoms with Crippen molar-refractivity contribution in [3.8, 4) is 5.75 Å². The Hall–Kier alpha value is -2.07. The lowest BCUT2D eigenvalue weighted by molar-refractivity contribution is -0.126. The summed E-state index contributed by atoms with van der Waals surface area (Å²) in [5.74, 6) is 0.793. The normalized spacial score (nSPS) is 14.7. The van der Waals surface area contributed by atoms with Gasteiger partial charge in [0, 0.05) is 29.4 Å². The fraction of sp³-hybridized carbons (Fsp3) is 0.368. The van der Waals surface area contributed by atoms with E-state index in [0.717, 1.165) is 28.9 Å². The molecule has 1 amide bonds. The molecule has 3 rings (SSSR count). The number of aromatic nitrogens is 1. The zero-order chi connectivity index (χ0) is 17.3. The Morgan fingerprint density at radius 1 is 1.42 bits per heavy atom. The first kappa shape index (κ1) is 16.8. The van der Waals surface area contributed by atoms with Gasteiger partial charge in [0.2, 0.25) is 5.91 Å². The van der Waals surface area contributed by atoms with Crippen LogP contribution in [0.3, 0.4) is 0 Å². The number of carbonyl (C=O) groups excluding carboxylic acids is 1. The van der Waals surface area contributed by atoms with Gasteiger partial charge < -0.3 is 10.1 Å². The minimum Gasteiger partial charge on any atom is -0.493 e. The number of fused-ring (bicyclic) bond motifs is 1. The van der Waals surface area contributed by atoms with E-state index in [1.165, 1.54) is 0 Å². The number of hydrogen-bond acceptors (Lipinski definition) is 3. The SMILES string of the molecule is CC(NC(=O)C(C)(C)c1cccnc1)c1cc(Cl)cc2c1OCC2. The lowest BCUT2D eigenvalue weighted by Crippen LogP contribution is -2.41. The largest absolute Gasteiger partial charge is 0.493 e. The van der Waals surface area contributed by atoms with E-state index in [0.29, 0.717) is 11.6 Å². The van der Waals surface area contributed by atoms with Crippen molar-refractivity contribution in [1.82, 2.24) is 10.3 Å². The lowest BCUT2D eigenvalue weighted by Gasteiger charge is -2.27. The Labute approximate surface area is 147 Å². The maximum absolute atomic E-state index is 12.8. The summed E-state index contributed by atoms with van der Waals surface area (Å²) in [6, 6.07) is 7.36. The number of amides is 1. The van der Waals surface area contributed by atoms with Gasteiger partial charge in [0.1, 0.15) is 5.75 Å². The molecule has 2 heterocycles.